The number of nitrogens with one attached hydrogen (secondary N) is 2. The number of fused-ring (bicyclic) bond motifs is 1. The lowest BCUT2D eigenvalue weighted by Crippen LogP contribution is -2.34. The van der Waals surface area contributed by atoms with Crippen molar-refractivity contribution in [2.45, 2.75) is 13.0 Å². The van der Waals surface area contributed by atoms with Gasteiger partial charge >= 0.3 is 0 Å². The van der Waals surface area contributed by atoms with Gasteiger partial charge in [-0.05, 0) is 55.5 Å². The molecule has 34 heavy (non-hydrogen) atoms. The first-order valence-electron chi connectivity index (χ1n) is 10.9. The number of thiazole rings is 1. The zero-order valence-electron chi connectivity index (χ0n) is 19.2. The number of ether oxygens (including phenoxy) is 1. The van der Waals surface area contributed by atoms with E-state index in [4.69, 9.17) is 4.74 Å². The molecular formula is C26H26N4O3S. The van der Waals surface area contributed by atoms with Gasteiger partial charge in [-0.3, -0.25) is 9.59 Å². The molecule has 0 aliphatic carbocycles. The Morgan fingerprint density at radius 3 is 2.47 bits per heavy atom. The molecule has 0 bridgehead atoms. The van der Waals surface area contributed by atoms with E-state index >= 15 is 0 Å². The summed E-state index contributed by atoms with van der Waals surface area (Å²) in [5.74, 6) is 0.344. The van der Waals surface area contributed by atoms with E-state index in [-0.39, 0.29) is 24.4 Å². The quantitative estimate of drug-likeness (QED) is 0.367. The third-order valence-corrected chi connectivity index (χ3v) is 6.80. The summed E-state index contributed by atoms with van der Waals surface area (Å²) < 4.78 is 6.25. The predicted molar refractivity (Wildman–Crippen MR) is 137 cm³/mol. The van der Waals surface area contributed by atoms with Gasteiger partial charge in [0.15, 0.2) is 0 Å². The lowest BCUT2D eigenvalue weighted by Gasteiger charge is -2.24. The van der Waals surface area contributed by atoms with Gasteiger partial charge in [0, 0.05) is 18.4 Å². The first-order chi connectivity index (χ1) is 16.5. The molecule has 8 heteroatoms. The molecule has 4 rings (SSSR count). The molecule has 2 amide bonds. The summed E-state index contributed by atoms with van der Waals surface area (Å²) in [5.41, 5.74) is 2.63. The number of carbonyl (C=O) groups is 2. The maximum atomic E-state index is 12.9. The van der Waals surface area contributed by atoms with Crippen molar-refractivity contribution in [2.75, 3.05) is 31.3 Å². The van der Waals surface area contributed by atoms with Gasteiger partial charge in [0.05, 0.1) is 35.5 Å². The minimum absolute atomic E-state index is 0.0541. The van der Waals surface area contributed by atoms with Crippen LogP contribution in [0.25, 0.3) is 10.2 Å². The van der Waals surface area contributed by atoms with E-state index in [2.05, 4.69) is 15.6 Å². The summed E-state index contributed by atoms with van der Waals surface area (Å²) in [5, 5.41) is 6.88. The van der Waals surface area contributed by atoms with E-state index in [1.165, 1.54) is 0 Å². The molecule has 1 atom stereocenters. The predicted octanol–water partition coefficient (Wildman–Crippen LogP) is 5.19. The minimum Gasteiger partial charge on any atom is -0.497 e. The van der Waals surface area contributed by atoms with E-state index < -0.39 is 0 Å². The van der Waals surface area contributed by atoms with Gasteiger partial charge in [-0.1, -0.05) is 24.3 Å². The Morgan fingerprint density at radius 2 is 1.74 bits per heavy atom. The number of benzene rings is 3. The third-order valence-electron chi connectivity index (χ3n) is 5.59. The van der Waals surface area contributed by atoms with Crippen LogP contribution in [-0.4, -0.2) is 42.4 Å². The van der Waals surface area contributed by atoms with E-state index in [1.807, 2.05) is 37.3 Å². The van der Waals surface area contributed by atoms with Crippen LogP contribution in [0.3, 0.4) is 0 Å². The smallest absolute Gasteiger partial charge is 0.257 e. The van der Waals surface area contributed by atoms with Crippen LogP contribution in [0.4, 0.5) is 11.4 Å². The number of hydrogen-bond donors (Lipinski definition) is 2. The highest BCUT2D eigenvalue weighted by atomic mass is 32.1. The number of anilines is 2. The Labute approximate surface area is 202 Å². The number of rotatable bonds is 8. The summed E-state index contributed by atoms with van der Waals surface area (Å²) in [7, 11) is 3.36. The molecule has 0 aliphatic rings. The normalized spacial score (nSPS) is 11.6. The van der Waals surface area contributed by atoms with E-state index in [9.17, 15) is 9.59 Å². The molecule has 1 aromatic heterocycles. The molecule has 0 saturated heterocycles. The summed E-state index contributed by atoms with van der Waals surface area (Å²) in [6, 6.07) is 22.0. The van der Waals surface area contributed by atoms with Crippen molar-refractivity contribution < 1.29 is 14.3 Å². The fourth-order valence-electron chi connectivity index (χ4n) is 3.45. The molecule has 0 saturated carbocycles. The lowest BCUT2D eigenvalue weighted by molar-refractivity contribution is -0.129. The number of hydrogen-bond acceptors (Lipinski definition) is 6. The van der Waals surface area contributed by atoms with Gasteiger partial charge in [-0.2, -0.15) is 0 Å². The highest BCUT2D eigenvalue weighted by Gasteiger charge is 2.21. The monoisotopic (exact) mass is 474 g/mol. The summed E-state index contributed by atoms with van der Waals surface area (Å²) in [6.07, 6.45) is 0. The van der Waals surface area contributed by atoms with Crippen LogP contribution in [0.1, 0.15) is 28.3 Å². The Balaban J connectivity index is 1.40. The SMILES string of the molecule is COc1ccc(NC(=O)c2ccccc2NCC(=O)N(C)[C@@H](C)c2nc3ccccc3s2)cc1. The van der Waals surface area contributed by atoms with Crippen LogP contribution in [0.5, 0.6) is 5.75 Å². The van der Waals surface area contributed by atoms with Crippen molar-refractivity contribution in [3.05, 3.63) is 83.4 Å². The number of methoxy groups -OCH3 is 1. The molecule has 0 fully saturated rings. The fraction of sp³-hybridized carbons (Fsp3) is 0.192. The Kier molecular flexibility index (Phi) is 7.08. The van der Waals surface area contributed by atoms with Crippen molar-refractivity contribution in [1.29, 1.82) is 0 Å². The number of likely N-dealkylation sites (N-methyl/N-ethyl adjacent to an activating group) is 1. The Bertz CT molecular complexity index is 1270. The Morgan fingerprint density at radius 1 is 1.03 bits per heavy atom. The second kappa shape index (κ2) is 10.4. The number of aromatic nitrogens is 1. The van der Waals surface area contributed by atoms with Crippen LogP contribution < -0.4 is 15.4 Å². The highest BCUT2D eigenvalue weighted by molar-refractivity contribution is 7.18. The van der Waals surface area contributed by atoms with Crippen LogP contribution in [0.15, 0.2) is 72.8 Å². The average Bonchev–Trinajstić information content (AvgIpc) is 3.31. The topological polar surface area (TPSA) is 83.6 Å². The molecule has 0 radical (unpaired) electrons. The third kappa shape index (κ3) is 5.18. The first kappa shape index (κ1) is 23.3. The van der Waals surface area contributed by atoms with Crippen molar-refractivity contribution in [1.82, 2.24) is 9.88 Å². The minimum atomic E-state index is -0.267. The standard InChI is InChI=1S/C26H26N4O3S/c1-17(26-29-22-10-6-7-11-23(22)34-26)30(2)24(31)16-27-21-9-5-4-8-20(21)25(32)28-18-12-14-19(33-3)15-13-18/h4-15,17,27H,16H2,1-3H3,(H,28,32)/t17-/m0/s1. The zero-order chi connectivity index (χ0) is 24.1. The van der Waals surface area contributed by atoms with Gasteiger partial charge in [0.25, 0.3) is 5.91 Å². The van der Waals surface area contributed by atoms with Crippen molar-refractivity contribution >= 4 is 44.7 Å². The van der Waals surface area contributed by atoms with E-state index in [0.29, 0.717) is 22.7 Å². The van der Waals surface area contributed by atoms with Crippen molar-refractivity contribution in [3.8, 4) is 5.75 Å². The van der Waals surface area contributed by atoms with Crippen LogP contribution in [0.2, 0.25) is 0 Å². The van der Waals surface area contributed by atoms with Crippen LogP contribution in [-0.2, 0) is 4.79 Å². The summed E-state index contributed by atoms with van der Waals surface area (Å²) in [6.45, 7) is 2.02. The van der Waals surface area contributed by atoms with Crippen LogP contribution in [0, 0.1) is 0 Å². The first-order valence-corrected chi connectivity index (χ1v) is 11.7. The molecule has 4 aromatic rings. The molecule has 174 valence electrons. The molecule has 0 aliphatic heterocycles. The second-order valence-corrected chi connectivity index (χ2v) is 8.84. The molecular weight excluding hydrogens is 448 g/mol. The maximum absolute atomic E-state index is 12.9. The molecule has 7 nitrogen and oxygen atoms in total. The molecule has 1 heterocycles. The highest BCUT2D eigenvalue weighted by Crippen LogP contribution is 2.29. The van der Waals surface area contributed by atoms with Gasteiger partial charge in [-0.25, -0.2) is 4.98 Å². The molecule has 0 unspecified atom stereocenters. The van der Waals surface area contributed by atoms with Gasteiger partial charge in [-0.15, -0.1) is 11.3 Å². The summed E-state index contributed by atoms with van der Waals surface area (Å²) >= 11 is 1.59. The second-order valence-electron chi connectivity index (χ2n) is 7.78. The molecule has 2 N–H and O–H groups in total. The van der Waals surface area contributed by atoms with Crippen molar-refractivity contribution in [2.24, 2.45) is 0 Å². The lowest BCUT2D eigenvalue weighted by atomic mass is 10.1. The zero-order valence-corrected chi connectivity index (χ0v) is 20.1. The Hall–Kier alpha value is -3.91. The molecule has 0 spiro atoms. The van der Waals surface area contributed by atoms with Crippen LogP contribution >= 0.6 is 11.3 Å². The number of amides is 2. The number of carbonyl (C=O) groups excluding carboxylic acids is 2. The van der Waals surface area contributed by atoms with E-state index in [0.717, 1.165) is 15.2 Å². The largest absolute Gasteiger partial charge is 0.497 e. The van der Waals surface area contributed by atoms with Crippen molar-refractivity contribution in [3.63, 3.8) is 0 Å². The maximum Gasteiger partial charge on any atom is 0.257 e. The fourth-order valence-corrected chi connectivity index (χ4v) is 4.52. The summed E-state index contributed by atoms with van der Waals surface area (Å²) in [4.78, 5) is 32.1. The molecule has 3 aromatic carbocycles. The number of para-hydroxylation sites is 2. The average molecular weight is 475 g/mol. The van der Waals surface area contributed by atoms with E-state index in [1.54, 1.807) is 72.9 Å². The number of nitrogens with zero attached hydrogens (tertiary/aromatic N) is 2. The van der Waals surface area contributed by atoms with Gasteiger partial charge in [0.2, 0.25) is 5.91 Å². The van der Waals surface area contributed by atoms with Gasteiger partial charge < -0.3 is 20.3 Å². The van der Waals surface area contributed by atoms with Gasteiger partial charge in [0.1, 0.15) is 10.8 Å².